The summed E-state index contributed by atoms with van der Waals surface area (Å²) in [7, 11) is 0. The molecule has 0 aromatic heterocycles. The van der Waals surface area contributed by atoms with E-state index in [4.69, 9.17) is 9.47 Å². The monoisotopic (exact) mass is 390 g/mol. The van der Waals surface area contributed by atoms with E-state index in [1.165, 1.54) is 0 Å². The first kappa shape index (κ1) is 22.4. The van der Waals surface area contributed by atoms with Crippen molar-refractivity contribution < 1.29 is 19.7 Å². The Kier molecular flexibility index (Phi) is 8.99. The number of hydrogen-bond donors (Lipinski definition) is 4. The van der Waals surface area contributed by atoms with Gasteiger partial charge in [0.05, 0.1) is 0 Å². The van der Waals surface area contributed by atoms with Gasteiger partial charge in [-0.25, -0.2) is 0 Å². The van der Waals surface area contributed by atoms with Crippen molar-refractivity contribution in [1.29, 1.82) is 0 Å². The Morgan fingerprint density at radius 2 is 1.11 bits per heavy atom. The fourth-order valence-electron chi connectivity index (χ4n) is 2.73. The zero-order valence-electron chi connectivity index (χ0n) is 17.3. The van der Waals surface area contributed by atoms with Gasteiger partial charge in [-0.2, -0.15) is 0 Å². The Morgan fingerprint density at radius 3 is 1.46 bits per heavy atom. The lowest BCUT2D eigenvalue weighted by atomic mass is 10.1. The lowest BCUT2D eigenvalue weighted by Crippen LogP contribution is -2.35. The van der Waals surface area contributed by atoms with Crippen molar-refractivity contribution in [3.8, 4) is 11.5 Å². The largest absolute Gasteiger partial charge is 0.490 e. The average Bonchev–Trinajstić information content (AvgIpc) is 2.67. The van der Waals surface area contributed by atoms with E-state index in [-0.39, 0.29) is 13.2 Å². The van der Waals surface area contributed by atoms with Crippen LogP contribution in [0.2, 0.25) is 0 Å². The normalized spacial score (nSPS) is 13.9. The van der Waals surface area contributed by atoms with Crippen molar-refractivity contribution >= 4 is 10.8 Å². The molecule has 6 nitrogen and oxygen atoms in total. The number of hydrogen-bond acceptors (Lipinski definition) is 6. The van der Waals surface area contributed by atoms with Gasteiger partial charge in [0.2, 0.25) is 0 Å². The molecule has 2 aromatic rings. The molecule has 0 aliphatic heterocycles. The second kappa shape index (κ2) is 11.2. The molecule has 0 radical (unpaired) electrons. The number of aliphatic hydroxyl groups is 2. The number of benzene rings is 2. The minimum absolute atomic E-state index is 0.212. The summed E-state index contributed by atoms with van der Waals surface area (Å²) >= 11 is 0. The summed E-state index contributed by atoms with van der Waals surface area (Å²) in [5, 5.41) is 28.4. The van der Waals surface area contributed by atoms with Gasteiger partial charge in [0.1, 0.15) is 36.9 Å². The van der Waals surface area contributed by atoms with E-state index >= 15 is 0 Å². The van der Waals surface area contributed by atoms with Crippen LogP contribution < -0.4 is 20.1 Å². The van der Waals surface area contributed by atoms with E-state index in [1.807, 2.05) is 64.1 Å². The molecule has 0 unspecified atom stereocenters. The van der Waals surface area contributed by atoms with Crippen LogP contribution in [0.3, 0.4) is 0 Å². The van der Waals surface area contributed by atoms with Gasteiger partial charge in [-0.05, 0) is 12.1 Å². The Balaban J connectivity index is 2.01. The van der Waals surface area contributed by atoms with Gasteiger partial charge in [0, 0.05) is 35.9 Å². The van der Waals surface area contributed by atoms with E-state index in [0.717, 1.165) is 10.8 Å². The van der Waals surface area contributed by atoms with Crippen LogP contribution in [0.1, 0.15) is 27.7 Å². The maximum atomic E-state index is 10.1. The summed E-state index contributed by atoms with van der Waals surface area (Å²) in [5.74, 6) is 1.40. The van der Waals surface area contributed by atoms with Crippen LogP contribution >= 0.6 is 0 Å². The lowest BCUT2D eigenvalue weighted by Gasteiger charge is -2.18. The third-order valence-electron chi connectivity index (χ3n) is 4.23. The summed E-state index contributed by atoms with van der Waals surface area (Å²) in [6.45, 7) is 9.54. The molecule has 28 heavy (non-hydrogen) atoms. The highest BCUT2D eigenvalue weighted by Gasteiger charge is 2.12. The zero-order chi connectivity index (χ0) is 20.5. The second-order valence-corrected chi connectivity index (χ2v) is 7.66. The molecule has 0 saturated carbocycles. The highest BCUT2D eigenvalue weighted by Crippen LogP contribution is 2.33. The van der Waals surface area contributed by atoms with Crippen molar-refractivity contribution in [3.05, 3.63) is 36.4 Å². The summed E-state index contributed by atoms with van der Waals surface area (Å²) in [5.41, 5.74) is 0. The summed E-state index contributed by atoms with van der Waals surface area (Å²) in [6, 6.07) is 12.1. The summed E-state index contributed by atoms with van der Waals surface area (Å²) < 4.78 is 11.7. The molecule has 0 aliphatic carbocycles. The predicted molar refractivity (Wildman–Crippen MR) is 113 cm³/mol. The van der Waals surface area contributed by atoms with E-state index in [1.54, 1.807) is 0 Å². The average molecular weight is 391 g/mol. The zero-order valence-corrected chi connectivity index (χ0v) is 17.3. The van der Waals surface area contributed by atoms with Gasteiger partial charge in [0.25, 0.3) is 0 Å². The minimum atomic E-state index is -0.583. The quantitative estimate of drug-likeness (QED) is 0.445. The highest BCUT2D eigenvalue weighted by molar-refractivity contribution is 5.93. The maximum absolute atomic E-state index is 10.1. The van der Waals surface area contributed by atoms with Crippen LogP contribution in [0, 0.1) is 0 Å². The molecule has 6 heteroatoms. The number of nitrogens with one attached hydrogen (secondary N) is 2. The van der Waals surface area contributed by atoms with Crippen LogP contribution in [-0.4, -0.2) is 60.8 Å². The molecule has 0 bridgehead atoms. The van der Waals surface area contributed by atoms with Gasteiger partial charge >= 0.3 is 0 Å². The van der Waals surface area contributed by atoms with E-state index < -0.39 is 12.2 Å². The number of fused-ring (bicyclic) bond motifs is 1. The van der Waals surface area contributed by atoms with Crippen molar-refractivity contribution in [2.75, 3.05) is 26.3 Å². The van der Waals surface area contributed by atoms with Crippen molar-refractivity contribution in [2.24, 2.45) is 0 Å². The molecule has 0 aliphatic rings. The second-order valence-electron chi connectivity index (χ2n) is 7.66. The Bertz CT molecular complexity index is 660. The molecule has 0 fully saturated rings. The maximum Gasteiger partial charge on any atom is 0.127 e. The first-order chi connectivity index (χ1) is 13.4. The molecule has 0 spiro atoms. The SMILES string of the molecule is CC(C)NC[C@@H](O)COc1ccc(OC[C@@H](O)CNC(C)C)c2ccccc12. The molecule has 2 rings (SSSR count). The molecule has 0 amide bonds. The third kappa shape index (κ3) is 7.28. The van der Waals surface area contributed by atoms with Crippen molar-refractivity contribution in [2.45, 2.75) is 52.0 Å². The van der Waals surface area contributed by atoms with Crippen LogP contribution in [0.25, 0.3) is 10.8 Å². The fraction of sp³-hybridized carbons (Fsp3) is 0.545. The molecular weight excluding hydrogens is 356 g/mol. The molecule has 4 N–H and O–H groups in total. The third-order valence-corrected chi connectivity index (χ3v) is 4.23. The molecule has 2 aromatic carbocycles. The van der Waals surface area contributed by atoms with Crippen molar-refractivity contribution in [1.82, 2.24) is 10.6 Å². The standard InChI is InChI=1S/C22H34N2O4/c1-15(2)23-11-17(25)13-27-21-9-10-22(20-8-6-5-7-19(20)21)28-14-18(26)12-24-16(3)4/h5-10,15-18,23-26H,11-14H2,1-4H3/t17-,18+. The molecule has 156 valence electrons. The molecule has 0 heterocycles. The Morgan fingerprint density at radius 1 is 0.714 bits per heavy atom. The number of ether oxygens (including phenoxy) is 2. The first-order valence-corrected chi connectivity index (χ1v) is 9.97. The minimum Gasteiger partial charge on any atom is -0.490 e. The molecule has 0 saturated heterocycles. The fourth-order valence-corrected chi connectivity index (χ4v) is 2.73. The number of aliphatic hydroxyl groups excluding tert-OH is 2. The van der Waals surface area contributed by atoms with E-state index in [0.29, 0.717) is 36.7 Å². The van der Waals surface area contributed by atoms with Crippen LogP contribution in [-0.2, 0) is 0 Å². The van der Waals surface area contributed by atoms with Gasteiger partial charge in [-0.15, -0.1) is 0 Å². The van der Waals surface area contributed by atoms with Gasteiger partial charge in [0.15, 0.2) is 0 Å². The first-order valence-electron chi connectivity index (χ1n) is 9.97. The smallest absolute Gasteiger partial charge is 0.127 e. The van der Waals surface area contributed by atoms with Crippen LogP contribution in [0.15, 0.2) is 36.4 Å². The van der Waals surface area contributed by atoms with Crippen molar-refractivity contribution in [3.63, 3.8) is 0 Å². The van der Waals surface area contributed by atoms with Gasteiger partial charge in [-0.3, -0.25) is 0 Å². The lowest BCUT2D eigenvalue weighted by molar-refractivity contribution is 0.104. The highest BCUT2D eigenvalue weighted by atomic mass is 16.5. The summed E-state index contributed by atoms with van der Waals surface area (Å²) in [6.07, 6.45) is -1.17. The van der Waals surface area contributed by atoms with Crippen LogP contribution in [0.5, 0.6) is 11.5 Å². The molecular formula is C22H34N2O4. The molecule has 2 atom stereocenters. The van der Waals surface area contributed by atoms with Gasteiger partial charge in [-0.1, -0.05) is 52.0 Å². The Hall–Kier alpha value is -1.86. The predicted octanol–water partition coefficient (Wildman–Crippen LogP) is 2.32. The summed E-state index contributed by atoms with van der Waals surface area (Å²) in [4.78, 5) is 0. The Labute approximate surface area is 167 Å². The van der Waals surface area contributed by atoms with E-state index in [9.17, 15) is 10.2 Å². The number of rotatable bonds is 12. The van der Waals surface area contributed by atoms with E-state index in [2.05, 4.69) is 10.6 Å². The van der Waals surface area contributed by atoms with Crippen LogP contribution in [0.4, 0.5) is 0 Å². The topological polar surface area (TPSA) is 83.0 Å². The van der Waals surface area contributed by atoms with Gasteiger partial charge < -0.3 is 30.3 Å².